The fourth-order valence-corrected chi connectivity index (χ4v) is 3.64. The van der Waals surface area contributed by atoms with Gasteiger partial charge in [0.15, 0.2) is 5.78 Å². The van der Waals surface area contributed by atoms with Crippen molar-refractivity contribution in [1.29, 1.82) is 0 Å². The minimum absolute atomic E-state index is 0.222. The van der Waals surface area contributed by atoms with Crippen LogP contribution in [-0.2, 0) is 9.59 Å². The number of benzene rings is 1. The fourth-order valence-electron chi connectivity index (χ4n) is 3.48. The first-order valence-electron chi connectivity index (χ1n) is 7.24. The van der Waals surface area contributed by atoms with Crippen LogP contribution in [0.4, 0.5) is 0 Å². The third kappa shape index (κ3) is 2.29. The summed E-state index contributed by atoms with van der Waals surface area (Å²) in [6.07, 6.45) is 3.57. The molecule has 0 saturated heterocycles. The highest BCUT2D eigenvalue weighted by atomic mass is 35.5. The number of hydrogen-bond acceptors (Lipinski definition) is 4. The van der Waals surface area contributed by atoms with Crippen molar-refractivity contribution in [2.75, 3.05) is 0 Å². The van der Waals surface area contributed by atoms with Crippen molar-refractivity contribution in [2.24, 2.45) is 5.92 Å². The number of carbonyl (C=O) groups is 3. The van der Waals surface area contributed by atoms with Gasteiger partial charge in [0, 0.05) is 5.02 Å². The SMILES string of the molecule is O=C(O)C(=O)C1C(=O)c2ccc(Cl)cc2OC12CCCCC2. The largest absolute Gasteiger partial charge is 0.485 e. The molecule has 116 valence electrons. The van der Waals surface area contributed by atoms with Crippen molar-refractivity contribution in [3.63, 3.8) is 0 Å². The van der Waals surface area contributed by atoms with Gasteiger partial charge in [-0.3, -0.25) is 9.59 Å². The molecule has 0 aromatic heterocycles. The summed E-state index contributed by atoms with van der Waals surface area (Å²) in [6, 6.07) is 4.56. The molecule has 1 fully saturated rings. The lowest BCUT2D eigenvalue weighted by atomic mass is 9.69. The van der Waals surface area contributed by atoms with Crippen LogP contribution >= 0.6 is 11.6 Å². The molecule has 1 N–H and O–H groups in total. The van der Waals surface area contributed by atoms with Gasteiger partial charge in [0.1, 0.15) is 17.3 Å². The molecular formula is C16H15ClO5. The zero-order chi connectivity index (χ0) is 15.9. The molecule has 5 nitrogen and oxygen atoms in total. The predicted octanol–water partition coefficient (Wildman–Crippen LogP) is 2.89. The summed E-state index contributed by atoms with van der Waals surface area (Å²) in [6.45, 7) is 0. The van der Waals surface area contributed by atoms with E-state index in [1.165, 1.54) is 12.1 Å². The summed E-state index contributed by atoms with van der Waals surface area (Å²) in [5.41, 5.74) is -0.831. The van der Waals surface area contributed by atoms with Gasteiger partial charge >= 0.3 is 5.97 Å². The van der Waals surface area contributed by atoms with Crippen molar-refractivity contribution < 1.29 is 24.2 Å². The Morgan fingerprint density at radius 2 is 1.91 bits per heavy atom. The summed E-state index contributed by atoms with van der Waals surface area (Å²) in [4.78, 5) is 36.0. The topological polar surface area (TPSA) is 80.7 Å². The Bertz CT molecular complexity index is 661. The molecule has 2 aliphatic rings. The Balaban J connectivity index is 2.12. The summed E-state index contributed by atoms with van der Waals surface area (Å²) >= 11 is 5.95. The maximum absolute atomic E-state index is 12.7. The van der Waals surface area contributed by atoms with E-state index in [0.29, 0.717) is 23.6 Å². The van der Waals surface area contributed by atoms with Gasteiger partial charge in [-0.1, -0.05) is 18.0 Å². The standard InChI is InChI=1S/C16H15ClO5/c17-9-4-5-10-11(8-9)22-16(6-2-1-3-7-16)12(13(10)18)14(19)15(20)21/h4-5,8,12H,1-3,6-7H2,(H,20,21). The number of carboxylic acids is 1. The molecule has 1 aliphatic carbocycles. The number of hydrogen-bond donors (Lipinski definition) is 1. The molecule has 0 amide bonds. The van der Waals surface area contributed by atoms with Gasteiger partial charge in [-0.15, -0.1) is 0 Å². The molecule has 1 aliphatic heterocycles. The molecule has 0 radical (unpaired) electrons. The van der Waals surface area contributed by atoms with Crippen molar-refractivity contribution >= 4 is 29.1 Å². The number of Topliss-reactive ketones (excluding diaryl/α,β-unsaturated/α-hetero) is 2. The van der Waals surface area contributed by atoms with E-state index in [2.05, 4.69) is 0 Å². The lowest BCUT2D eigenvalue weighted by molar-refractivity contribution is -0.154. The van der Waals surface area contributed by atoms with E-state index in [1.54, 1.807) is 6.07 Å². The van der Waals surface area contributed by atoms with Crippen LogP contribution in [0.25, 0.3) is 0 Å². The van der Waals surface area contributed by atoms with E-state index >= 15 is 0 Å². The van der Waals surface area contributed by atoms with Gasteiger partial charge in [-0.05, 0) is 43.9 Å². The lowest BCUT2D eigenvalue weighted by Gasteiger charge is -2.44. The van der Waals surface area contributed by atoms with E-state index in [4.69, 9.17) is 21.4 Å². The number of ketones is 2. The Hall–Kier alpha value is -1.88. The third-order valence-corrected chi connectivity index (χ3v) is 4.72. The first-order chi connectivity index (χ1) is 10.4. The number of ether oxygens (including phenoxy) is 1. The van der Waals surface area contributed by atoms with Crippen LogP contribution in [0.15, 0.2) is 18.2 Å². The van der Waals surface area contributed by atoms with E-state index < -0.39 is 29.1 Å². The molecule has 1 spiro atoms. The fraction of sp³-hybridized carbons (Fsp3) is 0.438. The number of fused-ring (bicyclic) bond motifs is 1. The Labute approximate surface area is 132 Å². The molecule has 0 bridgehead atoms. The van der Waals surface area contributed by atoms with Gasteiger partial charge in [-0.2, -0.15) is 0 Å². The maximum Gasteiger partial charge on any atom is 0.373 e. The number of halogens is 1. The molecule has 1 unspecified atom stereocenters. The highest BCUT2D eigenvalue weighted by molar-refractivity contribution is 6.39. The first-order valence-corrected chi connectivity index (χ1v) is 7.62. The van der Waals surface area contributed by atoms with Gasteiger partial charge in [0.2, 0.25) is 0 Å². The van der Waals surface area contributed by atoms with E-state index in [1.807, 2.05) is 0 Å². The minimum atomic E-state index is -1.59. The normalized spacial score (nSPS) is 22.8. The van der Waals surface area contributed by atoms with Gasteiger partial charge in [-0.25, -0.2) is 4.79 Å². The number of aliphatic carboxylic acids is 1. The quantitative estimate of drug-likeness (QED) is 0.669. The summed E-state index contributed by atoms with van der Waals surface area (Å²) in [5, 5.41) is 9.51. The van der Waals surface area contributed by atoms with Crippen LogP contribution in [0.1, 0.15) is 42.5 Å². The summed E-state index contributed by atoms with van der Waals surface area (Å²) in [7, 11) is 0. The second-order valence-electron chi connectivity index (χ2n) is 5.83. The van der Waals surface area contributed by atoms with Gasteiger partial charge in [0.25, 0.3) is 5.78 Å². The highest BCUT2D eigenvalue weighted by Crippen LogP contribution is 2.46. The highest BCUT2D eigenvalue weighted by Gasteiger charge is 2.55. The summed E-state index contributed by atoms with van der Waals surface area (Å²) in [5.74, 6) is -4.10. The minimum Gasteiger partial charge on any atom is -0.485 e. The Morgan fingerprint density at radius 3 is 2.55 bits per heavy atom. The molecule has 1 aromatic carbocycles. The van der Waals surface area contributed by atoms with Crippen molar-refractivity contribution in [2.45, 2.75) is 37.7 Å². The molecule has 22 heavy (non-hydrogen) atoms. The van der Waals surface area contributed by atoms with E-state index in [9.17, 15) is 14.4 Å². The van der Waals surface area contributed by atoms with Crippen LogP contribution < -0.4 is 4.74 Å². The van der Waals surface area contributed by atoms with Crippen molar-refractivity contribution in [3.05, 3.63) is 28.8 Å². The zero-order valence-corrected chi connectivity index (χ0v) is 12.6. The molecule has 6 heteroatoms. The summed E-state index contributed by atoms with van der Waals surface area (Å²) < 4.78 is 6.01. The maximum atomic E-state index is 12.7. The molecule has 1 aromatic rings. The molecule has 1 saturated carbocycles. The number of carboxylic acid groups (broad SMARTS) is 1. The number of carbonyl (C=O) groups excluding carboxylic acids is 2. The van der Waals surface area contributed by atoms with Gasteiger partial charge in [0.05, 0.1) is 5.56 Å². The van der Waals surface area contributed by atoms with Crippen LogP contribution in [-0.4, -0.2) is 28.2 Å². The molecule has 3 rings (SSSR count). The van der Waals surface area contributed by atoms with Crippen LogP contribution in [0.5, 0.6) is 5.75 Å². The second-order valence-corrected chi connectivity index (χ2v) is 6.27. The smallest absolute Gasteiger partial charge is 0.373 e. The average molecular weight is 323 g/mol. The van der Waals surface area contributed by atoms with Gasteiger partial charge < -0.3 is 9.84 Å². The Kier molecular flexibility index (Phi) is 3.68. The lowest BCUT2D eigenvalue weighted by Crippen LogP contribution is -2.56. The molecule has 1 atom stereocenters. The van der Waals surface area contributed by atoms with Crippen molar-refractivity contribution in [3.8, 4) is 5.75 Å². The second kappa shape index (κ2) is 5.39. The van der Waals surface area contributed by atoms with Crippen LogP contribution in [0.3, 0.4) is 0 Å². The average Bonchev–Trinajstić information content (AvgIpc) is 2.47. The zero-order valence-electron chi connectivity index (χ0n) is 11.8. The van der Waals surface area contributed by atoms with Crippen LogP contribution in [0.2, 0.25) is 5.02 Å². The van der Waals surface area contributed by atoms with Crippen LogP contribution in [0, 0.1) is 5.92 Å². The molecular weight excluding hydrogens is 308 g/mol. The third-order valence-electron chi connectivity index (χ3n) is 4.48. The predicted molar refractivity (Wildman–Crippen MR) is 78.4 cm³/mol. The Morgan fingerprint density at radius 1 is 1.23 bits per heavy atom. The number of rotatable bonds is 2. The first kappa shape index (κ1) is 15.0. The van der Waals surface area contributed by atoms with E-state index in [-0.39, 0.29) is 5.56 Å². The van der Waals surface area contributed by atoms with Crippen molar-refractivity contribution in [1.82, 2.24) is 0 Å². The molecule has 1 heterocycles. The van der Waals surface area contributed by atoms with E-state index in [0.717, 1.165) is 19.3 Å². The monoisotopic (exact) mass is 322 g/mol.